The molecule has 7 nitrogen and oxygen atoms in total. The molecule has 120 valence electrons. The summed E-state index contributed by atoms with van der Waals surface area (Å²) in [5.41, 5.74) is 3.39. The predicted molar refractivity (Wildman–Crippen MR) is 86.1 cm³/mol. The van der Waals surface area contributed by atoms with Gasteiger partial charge in [0.1, 0.15) is 5.65 Å². The third-order valence-corrected chi connectivity index (χ3v) is 3.55. The van der Waals surface area contributed by atoms with Crippen molar-refractivity contribution in [3.63, 3.8) is 0 Å². The van der Waals surface area contributed by atoms with Crippen LogP contribution in [0.2, 0.25) is 0 Å². The summed E-state index contributed by atoms with van der Waals surface area (Å²) in [6.07, 6.45) is 4.13. The van der Waals surface area contributed by atoms with Gasteiger partial charge in [0.25, 0.3) is 5.69 Å². The van der Waals surface area contributed by atoms with E-state index in [1.807, 2.05) is 19.1 Å². The SMILES string of the molecule is Cc1ccn2c(/C=C/C(=O)[O-])c(-c3ccc([N+](=O)[O-])cc3)nc2c1. The first-order chi connectivity index (χ1) is 11.5. The Morgan fingerprint density at radius 3 is 2.58 bits per heavy atom. The summed E-state index contributed by atoms with van der Waals surface area (Å²) < 4.78 is 1.75. The van der Waals surface area contributed by atoms with Crippen molar-refractivity contribution in [2.45, 2.75) is 6.92 Å². The lowest BCUT2D eigenvalue weighted by Crippen LogP contribution is -2.18. The van der Waals surface area contributed by atoms with Crippen LogP contribution in [-0.4, -0.2) is 20.3 Å². The summed E-state index contributed by atoms with van der Waals surface area (Å²) in [7, 11) is 0. The molecule has 0 saturated carbocycles. The predicted octanol–water partition coefficient (Wildman–Crippen LogP) is 1.98. The molecule has 1 aromatic carbocycles. The monoisotopic (exact) mass is 322 g/mol. The van der Waals surface area contributed by atoms with Gasteiger partial charge in [-0.25, -0.2) is 4.98 Å². The molecule has 24 heavy (non-hydrogen) atoms. The molecule has 0 spiro atoms. The molecule has 0 aliphatic carbocycles. The van der Waals surface area contributed by atoms with Crippen LogP contribution in [0.1, 0.15) is 11.3 Å². The molecule has 3 aromatic rings. The van der Waals surface area contributed by atoms with Crippen molar-refractivity contribution in [3.05, 3.63) is 70.0 Å². The average molecular weight is 322 g/mol. The van der Waals surface area contributed by atoms with Crippen molar-refractivity contribution in [1.82, 2.24) is 9.38 Å². The minimum atomic E-state index is -1.31. The second-order valence-electron chi connectivity index (χ2n) is 5.23. The number of fused-ring (bicyclic) bond motifs is 1. The third kappa shape index (κ3) is 2.87. The van der Waals surface area contributed by atoms with Gasteiger partial charge in [-0.3, -0.25) is 14.5 Å². The molecule has 0 fully saturated rings. The van der Waals surface area contributed by atoms with Crippen LogP contribution in [0, 0.1) is 17.0 Å². The van der Waals surface area contributed by atoms with Crippen LogP contribution < -0.4 is 5.11 Å². The first-order valence-electron chi connectivity index (χ1n) is 7.08. The smallest absolute Gasteiger partial charge is 0.269 e. The molecule has 0 atom stereocenters. The lowest BCUT2D eigenvalue weighted by Gasteiger charge is -2.02. The maximum absolute atomic E-state index is 10.8. The second kappa shape index (κ2) is 5.96. The molecule has 2 aromatic heterocycles. The van der Waals surface area contributed by atoms with E-state index in [0.717, 1.165) is 11.6 Å². The second-order valence-corrected chi connectivity index (χ2v) is 5.23. The van der Waals surface area contributed by atoms with Crippen LogP contribution in [0.5, 0.6) is 0 Å². The van der Waals surface area contributed by atoms with Gasteiger partial charge in [0, 0.05) is 23.9 Å². The van der Waals surface area contributed by atoms with E-state index < -0.39 is 10.9 Å². The molecule has 0 radical (unpaired) electrons. The number of carboxylic acid groups (broad SMARTS) is 1. The van der Waals surface area contributed by atoms with Crippen LogP contribution in [0.25, 0.3) is 23.0 Å². The number of aryl methyl sites for hydroxylation is 1. The van der Waals surface area contributed by atoms with Crippen LogP contribution in [0.4, 0.5) is 5.69 Å². The molecular weight excluding hydrogens is 310 g/mol. The standard InChI is InChI=1S/C17H13N3O4/c1-11-8-9-19-14(6-7-16(21)22)17(18-15(19)10-11)12-2-4-13(5-3-12)20(23)24/h2-10H,1H3,(H,21,22)/p-1/b7-6+. The zero-order valence-electron chi connectivity index (χ0n) is 12.7. The van der Waals surface area contributed by atoms with Gasteiger partial charge >= 0.3 is 0 Å². The van der Waals surface area contributed by atoms with Gasteiger partial charge in [-0.1, -0.05) is 0 Å². The van der Waals surface area contributed by atoms with E-state index in [-0.39, 0.29) is 5.69 Å². The van der Waals surface area contributed by atoms with Gasteiger partial charge in [-0.05, 0) is 48.9 Å². The van der Waals surface area contributed by atoms with Gasteiger partial charge in [-0.2, -0.15) is 0 Å². The number of carbonyl (C=O) groups is 1. The van der Waals surface area contributed by atoms with Crippen molar-refractivity contribution in [2.75, 3.05) is 0 Å². The van der Waals surface area contributed by atoms with E-state index in [1.165, 1.54) is 18.2 Å². The molecule has 0 amide bonds. The van der Waals surface area contributed by atoms with Crippen molar-refractivity contribution in [2.24, 2.45) is 0 Å². The Bertz CT molecular complexity index is 971. The molecule has 0 unspecified atom stereocenters. The summed E-state index contributed by atoms with van der Waals surface area (Å²) in [5.74, 6) is -1.31. The van der Waals surface area contributed by atoms with E-state index in [9.17, 15) is 20.0 Å². The van der Waals surface area contributed by atoms with Gasteiger partial charge in [0.05, 0.1) is 22.3 Å². The van der Waals surface area contributed by atoms with Gasteiger partial charge in [-0.15, -0.1) is 0 Å². The normalized spacial score (nSPS) is 11.2. The van der Waals surface area contributed by atoms with Crippen molar-refractivity contribution in [1.29, 1.82) is 0 Å². The molecule has 0 bridgehead atoms. The Balaban J connectivity index is 2.20. The van der Waals surface area contributed by atoms with Crippen molar-refractivity contribution >= 4 is 23.4 Å². The fourth-order valence-electron chi connectivity index (χ4n) is 2.43. The number of nitro groups is 1. The number of nitrogens with zero attached hydrogens (tertiary/aromatic N) is 3. The summed E-state index contributed by atoms with van der Waals surface area (Å²) in [5, 5.41) is 21.5. The number of benzene rings is 1. The Morgan fingerprint density at radius 2 is 1.96 bits per heavy atom. The maximum atomic E-state index is 10.8. The lowest BCUT2D eigenvalue weighted by atomic mass is 10.1. The number of aromatic nitrogens is 2. The first kappa shape index (κ1) is 15.4. The largest absolute Gasteiger partial charge is 0.545 e. The van der Waals surface area contributed by atoms with Crippen molar-refractivity contribution < 1.29 is 14.8 Å². The van der Waals surface area contributed by atoms with E-state index in [1.54, 1.807) is 22.7 Å². The molecule has 3 rings (SSSR count). The Kier molecular flexibility index (Phi) is 3.83. The zero-order valence-corrected chi connectivity index (χ0v) is 12.7. The lowest BCUT2D eigenvalue weighted by molar-refractivity contribution is -0.384. The number of aliphatic carboxylic acids is 1. The highest BCUT2D eigenvalue weighted by atomic mass is 16.6. The first-order valence-corrected chi connectivity index (χ1v) is 7.08. The van der Waals surface area contributed by atoms with Crippen LogP contribution in [0.15, 0.2) is 48.7 Å². The third-order valence-electron chi connectivity index (χ3n) is 3.55. The number of hydrogen-bond donors (Lipinski definition) is 0. The van der Waals surface area contributed by atoms with E-state index >= 15 is 0 Å². The summed E-state index contributed by atoms with van der Waals surface area (Å²) in [6, 6.07) is 9.69. The minimum Gasteiger partial charge on any atom is -0.545 e. The van der Waals surface area contributed by atoms with E-state index in [2.05, 4.69) is 4.98 Å². The molecular formula is C17H12N3O4-. The molecule has 7 heteroatoms. The number of pyridine rings is 1. The summed E-state index contributed by atoms with van der Waals surface area (Å²) >= 11 is 0. The van der Waals surface area contributed by atoms with Crippen LogP contribution >= 0.6 is 0 Å². The minimum absolute atomic E-state index is 0.0230. The molecule has 0 aliphatic rings. The van der Waals surface area contributed by atoms with Gasteiger partial charge < -0.3 is 9.90 Å². The molecule has 0 N–H and O–H groups in total. The molecule has 0 aliphatic heterocycles. The van der Waals surface area contributed by atoms with Gasteiger partial charge in [0.15, 0.2) is 0 Å². The van der Waals surface area contributed by atoms with Crippen molar-refractivity contribution in [3.8, 4) is 11.3 Å². The number of carbonyl (C=O) groups excluding carboxylic acids is 1. The highest BCUT2D eigenvalue weighted by molar-refractivity contribution is 5.86. The number of imidazole rings is 1. The van der Waals surface area contributed by atoms with Crippen LogP contribution in [0.3, 0.4) is 0 Å². The Hall–Kier alpha value is -3.48. The number of hydrogen-bond acceptors (Lipinski definition) is 5. The van der Waals surface area contributed by atoms with Gasteiger partial charge in [0.2, 0.25) is 0 Å². The maximum Gasteiger partial charge on any atom is 0.269 e. The van der Waals surface area contributed by atoms with Crippen LogP contribution in [-0.2, 0) is 4.79 Å². The highest BCUT2D eigenvalue weighted by Gasteiger charge is 2.13. The summed E-state index contributed by atoms with van der Waals surface area (Å²) in [6.45, 7) is 1.93. The number of rotatable bonds is 4. The molecule has 2 heterocycles. The quantitative estimate of drug-likeness (QED) is 0.415. The Morgan fingerprint density at radius 1 is 1.25 bits per heavy atom. The number of non-ortho nitro benzene ring substituents is 1. The highest BCUT2D eigenvalue weighted by Crippen LogP contribution is 2.27. The topological polar surface area (TPSA) is 101 Å². The van der Waals surface area contributed by atoms with E-state index in [0.29, 0.717) is 22.6 Å². The number of nitro benzene ring substituents is 1. The fourth-order valence-corrected chi connectivity index (χ4v) is 2.43. The molecule has 0 saturated heterocycles. The average Bonchev–Trinajstić information content (AvgIpc) is 2.90. The summed E-state index contributed by atoms with van der Waals surface area (Å²) in [4.78, 5) is 25.6. The van der Waals surface area contributed by atoms with E-state index in [4.69, 9.17) is 0 Å². The Labute approximate surface area is 136 Å². The number of carboxylic acids is 1. The zero-order chi connectivity index (χ0) is 17.3. The fraction of sp³-hybridized carbons (Fsp3) is 0.0588.